The molecule has 0 aromatic heterocycles. The Morgan fingerprint density at radius 2 is 1.88 bits per heavy atom. The highest BCUT2D eigenvalue weighted by Crippen LogP contribution is 2.23. The molecule has 1 aromatic carbocycles. The molecule has 1 heterocycles. The summed E-state index contributed by atoms with van der Waals surface area (Å²) in [6.07, 6.45) is -0.794. The van der Waals surface area contributed by atoms with Crippen molar-refractivity contribution in [1.82, 2.24) is 4.90 Å². The standard InChI is InChI=1S/C16H20N2O6/c1-16(10-23-15(21)24-11-16)13(19)22-9-8-18(2)14(20)17-12-6-4-3-5-7-12/h3-7H,8-11H2,1-2H3,(H,17,20). The van der Waals surface area contributed by atoms with Crippen molar-refractivity contribution in [2.75, 3.05) is 38.7 Å². The number of carbonyl (C=O) groups is 3. The maximum atomic E-state index is 12.1. The number of carbonyl (C=O) groups excluding carboxylic acids is 3. The average Bonchev–Trinajstić information content (AvgIpc) is 2.58. The third-order valence-electron chi connectivity index (χ3n) is 3.54. The second kappa shape index (κ2) is 7.67. The maximum Gasteiger partial charge on any atom is 0.508 e. The van der Waals surface area contributed by atoms with Crippen LogP contribution in [0.2, 0.25) is 0 Å². The molecule has 8 heteroatoms. The highest BCUT2D eigenvalue weighted by molar-refractivity contribution is 5.89. The second-order valence-corrected chi connectivity index (χ2v) is 5.74. The Morgan fingerprint density at radius 3 is 2.50 bits per heavy atom. The lowest BCUT2D eigenvalue weighted by Crippen LogP contribution is -2.45. The number of benzene rings is 1. The molecular formula is C16H20N2O6. The molecule has 1 N–H and O–H groups in total. The van der Waals surface area contributed by atoms with Crippen LogP contribution in [0.3, 0.4) is 0 Å². The number of hydrogen-bond donors (Lipinski definition) is 1. The van der Waals surface area contributed by atoms with Crippen LogP contribution in [0.4, 0.5) is 15.3 Å². The van der Waals surface area contributed by atoms with Gasteiger partial charge in [-0.05, 0) is 19.1 Å². The molecule has 1 aliphatic heterocycles. The number of likely N-dealkylation sites (N-methyl/N-ethyl adjacent to an activating group) is 1. The molecule has 0 aliphatic carbocycles. The van der Waals surface area contributed by atoms with Crippen LogP contribution in [-0.2, 0) is 19.0 Å². The summed E-state index contributed by atoms with van der Waals surface area (Å²) in [6, 6.07) is 8.73. The van der Waals surface area contributed by atoms with E-state index in [1.807, 2.05) is 18.2 Å². The molecule has 0 radical (unpaired) electrons. The van der Waals surface area contributed by atoms with Gasteiger partial charge in [0.2, 0.25) is 0 Å². The summed E-state index contributed by atoms with van der Waals surface area (Å²) < 4.78 is 14.6. The summed E-state index contributed by atoms with van der Waals surface area (Å²) >= 11 is 0. The number of amides is 2. The van der Waals surface area contributed by atoms with Crippen LogP contribution in [0.5, 0.6) is 0 Å². The maximum absolute atomic E-state index is 12.1. The lowest BCUT2D eigenvalue weighted by Gasteiger charge is -2.30. The molecule has 2 amide bonds. The molecule has 8 nitrogen and oxygen atoms in total. The van der Waals surface area contributed by atoms with Crippen LogP contribution in [0, 0.1) is 5.41 Å². The average molecular weight is 336 g/mol. The molecule has 130 valence electrons. The Kier molecular flexibility index (Phi) is 5.62. The van der Waals surface area contributed by atoms with Gasteiger partial charge >= 0.3 is 18.2 Å². The molecule has 2 rings (SSSR count). The number of nitrogens with one attached hydrogen (secondary N) is 1. The summed E-state index contributed by atoms with van der Waals surface area (Å²) in [6.45, 7) is 1.67. The number of hydrogen-bond acceptors (Lipinski definition) is 6. The van der Waals surface area contributed by atoms with Crippen LogP contribution >= 0.6 is 0 Å². The Balaban J connectivity index is 1.73. The van der Waals surface area contributed by atoms with E-state index >= 15 is 0 Å². The van der Waals surface area contributed by atoms with Crippen molar-refractivity contribution >= 4 is 23.8 Å². The minimum atomic E-state index is -1.03. The van der Waals surface area contributed by atoms with Gasteiger partial charge in [-0.15, -0.1) is 0 Å². The first kappa shape index (κ1) is 17.6. The molecule has 1 fully saturated rings. The van der Waals surface area contributed by atoms with E-state index in [0.717, 1.165) is 0 Å². The van der Waals surface area contributed by atoms with Crippen LogP contribution in [0.1, 0.15) is 6.92 Å². The first-order chi connectivity index (χ1) is 11.4. The van der Waals surface area contributed by atoms with Crippen molar-refractivity contribution < 1.29 is 28.6 Å². The smallest absolute Gasteiger partial charge is 0.463 e. The summed E-state index contributed by atoms with van der Waals surface area (Å²) in [7, 11) is 1.60. The minimum Gasteiger partial charge on any atom is -0.463 e. The first-order valence-corrected chi connectivity index (χ1v) is 7.45. The predicted molar refractivity (Wildman–Crippen MR) is 84.5 cm³/mol. The first-order valence-electron chi connectivity index (χ1n) is 7.45. The molecule has 0 saturated carbocycles. The largest absolute Gasteiger partial charge is 0.508 e. The van der Waals surface area contributed by atoms with E-state index in [4.69, 9.17) is 14.2 Å². The monoisotopic (exact) mass is 336 g/mol. The predicted octanol–water partition coefficient (Wildman–Crippen LogP) is 1.87. The fraction of sp³-hybridized carbons (Fsp3) is 0.438. The normalized spacial score (nSPS) is 15.7. The van der Waals surface area contributed by atoms with Crippen molar-refractivity contribution in [3.8, 4) is 0 Å². The zero-order chi connectivity index (χ0) is 17.6. The van der Waals surface area contributed by atoms with Gasteiger partial charge in [-0.25, -0.2) is 9.59 Å². The molecule has 24 heavy (non-hydrogen) atoms. The van der Waals surface area contributed by atoms with Gasteiger partial charge in [0.05, 0.1) is 6.54 Å². The van der Waals surface area contributed by atoms with E-state index in [9.17, 15) is 14.4 Å². The van der Waals surface area contributed by atoms with Crippen LogP contribution in [-0.4, -0.2) is 56.5 Å². The third-order valence-corrected chi connectivity index (χ3v) is 3.54. The number of esters is 1. The van der Waals surface area contributed by atoms with Crippen LogP contribution in [0.25, 0.3) is 0 Å². The number of anilines is 1. The van der Waals surface area contributed by atoms with E-state index in [0.29, 0.717) is 5.69 Å². The van der Waals surface area contributed by atoms with Crippen molar-refractivity contribution in [3.05, 3.63) is 30.3 Å². The van der Waals surface area contributed by atoms with Crippen LogP contribution < -0.4 is 5.32 Å². The van der Waals surface area contributed by atoms with E-state index < -0.39 is 17.5 Å². The molecule has 1 saturated heterocycles. The van der Waals surface area contributed by atoms with E-state index in [-0.39, 0.29) is 32.4 Å². The van der Waals surface area contributed by atoms with E-state index in [1.54, 1.807) is 26.1 Å². The fourth-order valence-electron chi connectivity index (χ4n) is 1.93. The number of urea groups is 1. The lowest BCUT2D eigenvalue weighted by atomic mass is 9.93. The topological polar surface area (TPSA) is 94.2 Å². The summed E-state index contributed by atoms with van der Waals surface area (Å²) in [5, 5.41) is 2.72. The van der Waals surface area contributed by atoms with Crippen molar-refractivity contribution in [2.45, 2.75) is 6.92 Å². The van der Waals surface area contributed by atoms with E-state index in [1.165, 1.54) is 4.90 Å². The number of ether oxygens (including phenoxy) is 3. The van der Waals surface area contributed by atoms with Gasteiger partial charge in [0.15, 0.2) is 0 Å². The lowest BCUT2D eigenvalue weighted by molar-refractivity contribution is -0.166. The van der Waals surface area contributed by atoms with Crippen molar-refractivity contribution in [2.24, 2.45) is 5.41 Å². The zero-order valence-electron chi connectivity index (χ0n) is 13.6. The summed E-state index contributed by atoms with van der Waals surface area (Å²) in [5.41, 5.74) is -0.348. The van der Waals surface area contributed by atoms with Gasteiger partial charge in [0.25, 0.3) is 0 Å². The Morgan fingerprint density at radius 1 is 1.25 bits per heavy atom. The van der Waals surface area contributed by atoms with Gasteiger partial charge in [-0.1, -0.05) is 18.2 Å². The quantitative estimate of drug-likeness (QED) is 0.825. The highest BCUT2D eigenvalue weighted by Gasteiger charge is 2.41. The number of cyclic esters (lactones) is 2. The Labute approximate surface area is 139 Å². The molecule has 0 unspecified atom stereocenters. The molecular weight excluding hydrogens is 316 g/mol. The SMILES string of the molecule is CN(CCOC(=O)C1(C)COC(=O)OC1)C(=O)Nc1ccccc1. The van der Waals surface area contributed by atoms with Gasteiger partial charge in [0.1, 0.15) is 25.2 Å². The van der Waals surface area contributed by atoms with Gasteiger partial charge in [0, 0.05) is 12.7 Å². The van der Waals surface area contributed by atoms with E-state index in [2.05, 4.69) is 5.32 Å². The molecule has 1 aromatic rings. The number of nitrogens with zero attached hydrogens (tertiary/aromatic N) is 1. The minimum absolute atomic E-state index is 0.0288. The van der Waals surface area contributed by atoms with Gasteiger partial charge in [-0.3, -0.25) is 4.79 Å². The third kappa shape index (κ3) is 4.61. The molecule has 0 spiro atoms. The Bertz CT molecular complexity index is 594. The number of rotatable bonds is 5. The zero-order valence-corrected chi connectivity index (χ0v) is 13.6. The highest BCUT2D eigenvalue weighted by atomic mass is 16.7. The second-order valence-electron chi connectivity index (χ2n) is 5.74. The summed E-state index contributed by atoms with van der Waals surface area (Å²) in [4.78, 5) is 36.3. The fourth-order valence-corrected chi connectivity index (χ4v) is 1.93. The Hall–Kier alpha value is -2.77. The van der Waals surface area contributed by atoms with Gasteiger partial charge < -0.3 is 24.4 Å². The molecule has 1 aliphatic rings. The summed E-state index contributed by atoms with van der Waals surface area (Å²) in [5.74, 6) is -0.535. The molecule has 0 atom stereocenters. The van der Waals surface area contributed by atoms with Crippen molar-refractivity contribution in [3.63, 3.8) is 0 Å². The van der Waals surface area contributed by atoms with Crippen molar-refractivity contribution in [1.29, 1.82) is 0 Å². The van der Waals surface area contributed by atoms with Gasteiger partial charge in [-0.2, -0.15) is 0 Å². The van der Waals surface area contributed by atoms with Crippen LogP contribution in [0.15, 0.2) is 30.3 Å². The number of para-hydroxylation sites is 1. The molecule has 0 bridgehead atoms.